The largest absolute Gasteiger partial charge is 0.478 e. The summed E-state index contributed by atoms with van der Waals surface area (Å²) in [4.78, 5) is 30.2. The molecule has 0 radical (unpaired) electrons. The van der Waals surface area contributed by atoms with E-state index < -0.39 is 11.9 Å². The lowest BCUT2D eigenvalue weighted by molar-refractivity contribution is 0.0696. The summed E-state index contributed by atoms with van der Waals surface area (Å²) >= 11 is 0. The number of aryl methyl sites for hydroxylation is 1. The first kappa shape index (κ1) is 19.7. The minimum absolute atomic E-state index is 0.168. The summed E-state index contributed by atoms with van der Waals surface area (Å²) in [5.41, 5.74) is 2.81. The maximum atomic E-state index is 11.3. The minimum atomic E-state index is -1.25. The van der Waals surface area contributed by atoms with Gasteiger partial charge < -0.3 is 19.6 Å². The molecule has 0 aliphatic carbocycles. The van der Waals surface area contributed by atoms with Gasteiger partial charge in [0.1, 0.15) is 23.4 Å². The van der Waals surface area contributed by atoms with Crippen molar-refractivity contribution < 1.29 is 24.2 Å². The molecule has 0 saturated carbocycles. The zero-order valence-corrected chi connectivity index (χ0v) is 16.2. The average Bonchev–Trinajstić information content (AvgIpc) is 3.38. The smallest absolute Gasteiger partial charge is 0.335 e. The highest BCUT2D eigenvalue weighted by atomic mass is 16.4. The number of allylic oxidation sites excluding steroid dienone is 1. The number of benzene rings is 2. The van der Waals surface area contributed by atoms with Crippen LogP contribution in [0.3, 0.4) is 0 Å². The van der Waals surface area contributed by atoms with Crippen LogP contribution in [0.4, 0.5) is 0 Å². The molecule has 0 unspecified atom stereocenters. The Morgan fingerprint density at radius 1 is 1.06 bits per heavy atom. The maximum Gasteiger partial charge on any atom is 0.335 e. The van der Waals surface area contributed by atoms with E-state index in [1.54, 1.807) is 12.1 Å². The Morgan fingerprint density at radius 3 is 2.42 bits per heavy atom. The predicted molar refractivity (Wildman–Crippen MR) is 112 cm³/mol. The van der Waals surface area contributed by atoms with Gasteiger partial charge in [-0.25, -0.2) is 14.6 Å². The third-order valence-corrected chi connectivity index (χ3v) is 4.64. The molecule has 152 valence electrons. The van der Waals surface area contributed by atoms with Gasteiger partial charge in [0.15, 0.2) is 0 Å². The van der Waals surface area contributed by atoms with Gasteiger partial charge in [-0.2, -0.15) is 5.26 Å². The van der Waals surface area contributed by atoms with Crippen molar-refractivity contribution in [2.75, 3.05) is 0 Å². The summed E-state index contributed by atoms with van der Waals surface area (Å²) < 4.78 is 5.73. The van der Waals surface area contributed by atoms with E-state index in [0.29, 0.717) is 17.1 Å². The second-order valence-electron chi connectivity index (χ2n) is 6.89. The van der Waals surface area contributed by atoms with Gasteiger partial charge in [0.25, 0.3) is 0 Å². The lowest BCUT2D eigenvalue weighted by atomic mass is 10.0. The van der Waals surface area contributed by atoms with Crippen molar-refractivity contribution in [3.05, 3.63) is 76.8 Å². The van der Waals surface area contributed by atoms with Crippen LogP contribution in [0.15, 0.2) is 52.9 Å². The van der Waals surface area contributed by atoms with E-state index in [2.05, 4.69) is 16.0 Å². The molecule has 4 aromatic rings. The summed E-state index contributed by atoms with van der Waals surface area (Å²) in [5, 5.41) is 28.1. The molecule has 2 heterocycles. The van der Waals surface area contributed by atoms with Crippen LogP contribution in [0.2, 0.25) is 0 Å². The summed E-state index contributed by atoms with van der Waals surface area (Å²) in [6, 6.07) is 14.7. The van der Waals surface area contributed by atoms with Crippen LogP contribution in [0, 0.1) is 18.3 Å². The number of aromatic carboxylic acids is 2. The molecule has 0 aliphatic rings. The van der Waals surface area contributed by atoms with Crippen LogP contribution in [0.25, 0.3) is 34.0 Å². The summed E-state index contributed by atoms with van der Waals surface area (Å²) in [6.07, 6.45) is 1.51. The van der Waals surface area contributed by atoms with Crippen LogP contribution >= 0.6 is 0 Å². The quantitative estimate of drug-likeness (QED) is 0.406. The molecule has 4 rings (SSSR count). The lowest BCUT2D eigenvalue weighted by Crippen LogP contribution is -2.02. The van der Waals surface area contributed by atoms with E-state index in [1.807, 2.05) is 25.1 Å². The molecule has 2 aromatic heterocycles. The van der Waals surface area contributed by atoms with E-state index in [0.717, 1.165) is 22.7 Å². The Balaban J connectivity index is 1.72. The Bertz CT molecular complexity index is 1390. The van der Waals surface area contributed by atoms with Crippen LogP contribution in [-0.4, -0.2) is 32.1 Å². The molecule has 0 atom stereocenters. The van der Waals surface area contributed by atoms with Crippen molar-refractivity contribution in [2.24, 2.45) is 0 Å². The second-order valence-corrected chi connectivity index (χ2v) is 6.89. The van der Waals surface area contributed by atoms with Crippen LogP contribution < -0.4 is 0 Å². The number of aromatic nitrogens is 2. The number of nitrogens with zero attached hydrogens (tertiary/aromatic N) is 2. The van der Waals surface area contributed by atoms with Crippen molar-refractivity contribution in [3.8, 4) is 17.4 Å². The van der Waals surface area contributed by atoms with Crippen molar-refractivity contribution in [3.63, 3.8) is 0 Å². The summed E-state index contributed by atoms with van der Waals surface area (Å²) in [5.74, 6) is -1.50. The van der Waals surface area contributed by atoms with E-state index >= 15 is 0 Å². The Kier molecular flexibility index (Phi) is 4.85. The SMILES string of the molecule is Cc1ccc2nc(C(C#N)=Cc3ccc(-c4cc(C(=O)O)cc(C(=O)O)c4)o3)[nH]c2c1. The van der Waals surface area contributed by atoms with Gasteiger partial charge in [-0.15, -0.1) is 0 Å². The first-order valence-corrected chi connectivity index (χ1v) is 9.14. The van der Waals surface area contributed by atoms with Crippen molar-refractivity contribution in [2.45, 2.75) is 6.92 Å². The standard InChI is InChI=1S/C23H15N3O5/c1-12-2-4-18-19(6-12)26-21(25-18)16(11-24)10-17-3-5-20(31-17)13-7-14(22(27)28)9-15(8-13)23(29)30/h2-10H,1H3,(H,25,26)(H,27,28)(H,29,30). The zero-order chi connectivity index (χ0) is 22.1. The topological polar surface area (TPSA) is 140 Å². The molecule has 0 fully saturated rings. The Morgan fingerprint density at radius 2 is 1.77 bits per heavy atom. The van der Waals surface area contributed by atoms with Gasteiger partial charge in [-0.3, -0.25) is 0 Å². The van der Waals surface area contributed by atoms with Crippen LogP contribution in [0.1, 0.15) is 37.9 Å². The second kappa shape index (κ2) is 7.65. The van der Waals surface area contributed by atoms with E-state index in [9.17, 15) is 25.1 Å². The molecule has 31 heavy (non-hydrogen) atoms. The van der Waals surface area contributed by atoms with E-state index in [4.69, 9.17) is 4.42 Å². The fourth-order valence-electron chi connectivity index (χ4n) is 3.15. The predicted octanol–water partition coefficient (Wildman–Crippen LogP) is 4.59. The molecule has 2 aromatic carbocycles. The molecular weight excluding hydrogens is 398 g/mol. The number of nitrogens with one attached hydrogen (secondary N) is 1. The summed E-state index contributed by atoms with van der Waals surface area (Å²) in [6.45, 7) is 1.96. The molecular formula is C23H15N3O5. The van der Waals surface area contributed by atoms with Gasteiger partial charge in [0, 0.05) is 11.6 Å². The minimum Gasteiger partial charge on any atom is -0.478 e. The Labute approximate surface area is 175 Å². The van der Waals surface area contributed by atoms with Gasteiger partial charge in [0.05, 0.1) is 27.7 Å². The number of carbonyl (C=O) groups is 2. The first-order valence-electron chi connectivity index (χ1n) is 9.14. The molecule has 0 aliphatic heterocycles. The molecule has 8 nitrogen and oxygen atoms in total. The van der Waals surface area contributed by atoms with E-state index in [1.165, 1.54) is 18.2 Å². The third-order valence-electron chi connectivity index (χ3n) is 4.64. The first-order chi connectivity index (χ1) is 14.8. The highest BCUT2D eigenvalue weighted by Crippen LogP contribution is 2.27. The number of H-pyrrole nitrogens is 1. The number of furan rings is 1. The Hall–Kier alpha value is -4.64. The normalized spacial score (nSPS) is 11.4. The average molecular weight is 413 g/mol. The maximum absolute atomic E-state index is 11.3. The van der Waals surface area contributed by atoms with E-state index in [-0.39, 0.29) is 22.5 Å². The van der Waals surface area contributed by atoms with Gasteiger partial charge in [-0.05, 0) is 55.0 Å². The lowest BCUT2D eigenvalue weighted by Gasteiger charge is -2.03. The number of imidazole rings is 1. The van der Waals surface area contributed by atoms with Gasteiger partial charge in [-0.1, -0.05) is 6.07 Å². The monoisotopic (exact) mass is 413 g/mol. The highest BCUT2D eigenvalue weighted by molar-refractivity contribution is 5.96. The van der Waals surface area contributed by atoms with Crippen molar-refractivity contribution in [1.82, 2.24) is 9.97 Å². The number of nitriles is 1. The number of fused-ring (bicyclic) bond motifs is 1. The van der Waals surface area contributed by atoms with Gasteiger partial charge in [0.2, 0.25) is 0 Å². The highest BCUT2D eigenvalue weighted by Gasteiger charge is 2.15. The molecule has 8 heteroatoms. The number of aromatic amines is 1. The number of carboxylic acids is 2. The third kappa shape index (κ3) is 3.93. The molecule has 0 saturated heterocycles. The molecule has 0 amide bonds. The van der Waals surface area contributed by atoms with Crippen LogP contribution in [-0.2, 0) is 0 Å². The number of hydrogen-bond donors (Lipinski definition) is 3. The van der Waals surface area contributed by atoms with Gasteiger partial charge >= 0.3 is 11.9 Å². The molecule has 0 spiro atoms. The number of carboxylic acid groups (broad SMARTS) is 2. The van der Waals surface area contributed by atoms with Crippen LogP contribution in [0.5, 0.6) is 0 Å². The number of rotatable bonds is 5. The molecule has 3 N–H and O–H groups in total. The fraction of sp³-hybridized carbons (Fsp3) is 0.0435. The van der Waals surface area contributed by atoms with Crippen molar-refractivity contribution in [1.29, 1.82) is 5.26 Å². The molecule has 0 bridgehead atoms. The zero-order valence-electron chi connectivity index (χ0n) is 16.2. The fourth-order valence-corrected chi connectivity index (χ4v) is 3.15. The number of hydrogen-bond acceptors (Lipinski definition) is 5. The summed E-state index contributed by atoms with van der Waals surface area (Å²) in [7, 11) is 0. The van der Waals surface area contributed by atoms with Crippen molar-refractivity contribution >= 4 is 34.6 Å².